The first-order chi connectivity index (χ1) is 8.79. The zero-order valence-electron chi connectivity index (χ0n) is 9.65. The lowest BCUT2D eigenvalue weighted by atomic mass is 10.2. The number of phenols is 1. The third-order valence-electron chi connectivity index (χ3n) is 2.38. The van der Waals surface area contributed by atoms with Crippen molar-refractivity contribution in [3.8, 4) is 5.75 Å². The van der Waals surface area contributed by atoms with Gasteiger partial charge in [0, 0.05) is 6.07 Å². The summed E-state index contributed by atoms with van der Waals surface area (Å²) in [6, 6.07) is 5.77. The van der Waals surface area contributed by atoms with Crippen LogP contribution < -0.4 is 4.72 Å². The molecule has 2 N–H and O–H groups in total. The van der Waals surface area contributed by atoms with Gasteiger partial charge in [-0.3, -0.25) is 4.72 Å². The summed E-state index contributed by atoms with van der Waals surface area (Å²) in [7, 11) is -3.82. The lowest BCUT2D eigenvalue weighted by molar-refractivity contribution is 0.471. The Labute approximate surface area is 124 Å². The summed E-state index contributed by atoms with van der Waals surface area (Å²) in [5.74, 6) is 0.00893. The van der Waals surface area contributed by atoms with E-state index in [0.29, 0.717) is 5.56 Å². The van der Waals surface area contributed by atoms with Crippen LogP contribution in [0.1, 0.15) is 5.56 Å². The van der Waals surface area contributed by atoms with E-state index in [4.69, 9.17) is 23.2 Å². The van der Waals surface area contributed by atoms with Gasteiger partial charge in [-0.2, -0.15) is 0 Å². The van der Waals surface area contributed by atoms with Crippen LogP contribution in [0.25, 0.3) is 0 Å². The molecule has 0 aliphatic rings. The molecule has 0 aliphatic carbocycles. The van der Waals surface area contributed by atoms with Gasteiger partial charge in [-0.05, 0) is 24.6 Å². The first-order valence-corrected chi connectivity index (χ1v) is 8.12. The van der Waals surface area contributed by atoms with Gasteiger partial charge < -0.3 is 5.11 Å². The molecule has 8 heteroatoms. The number of hydrogen-bond donors (Lipinski definition) is 2. The third-order valence-corrected chi connectivity index (χ3v) is 5.51. The predicted octanol–water partition coefficient (Wildman–Crippen LogP) is 3.87. The van der Waals surface area contributed by atoms with Crippen LogP contribution in [0, 0.1) is 6.92 Å². The Morgan fingerprint density at radius 1 is 1.26 bits per heavy atom. The number of anilines is 1. The van der Waals surface area contributed by atoms with E-state index < -0.39 is 10.0 Å². The predicted molar refractivity (Wildman–Crippen MR) is 78.0 cm³/mol. The van der Waals surface area contributed by atoms with Crippen LogP contribution in [-0.2, 0) is 10.0 Å². The minimum atomic E-state index is -3.82. The largest absolute Gasteiger partial charge is 0.508 e. The number of benzene rings is 1. The van der Waals surface area contributed by atoms with E-state index in [0.717, 1.165) is 11.3 Å². The third kappa shape index (κ3) is 3.14. The lowest BCUT2D eigenvalue weighted by Gasteiger charge is -2.08. The molecule has 1 aromatic heterocycles. The minimum Gasteiger partial charge on any atom is -0.508 e. The second-order valence-corrected chi connectivity index (χ2v) is 7.73. The highest BCUT2D eigenvalue weighted by atomic mass is 35.5. The van der Waals surface area contributed by atoms with Gasteiger partial charge in [-0.1, -0.05) is 29.3 Å². The number of phenolic OH excluding ortho intramolecular Hbond substituents is 1. The van der Waals surface area contributed by atoms with E-state index in [9.17, 15) is 13.5 Å². The number of sulfonamides is 1. The van der Waals surface area contributed by atoms with Gasteiger partial charge in [0.05, 0.1) is 10.0 Å². The Morgan fingerprint density at radius 3 is 2.47 bits per heavy atom. The highest BCUT2D eigenvalue weighted by Gasteiger charge is 2.21. The fourth-order valence-electron chi connectivity index (χ4n) is 1.39. The molecule has 0 saturated carbocycles. The molecule has 2 rings (SSSR count). The van der Waals surface area contributed by atoms with E-state index in [-0.39, 0.29) is 25.0 Å². The van der Waals surface area contributed by atoms with E-state index in [1.807, 2.05) is 0 Å². The minimum absolute atomic E-state index is 0.00893. The number of aromatic hydroxyl groups is 1. The smallest absolute Gasteiger partial charge is 0.264 e. The van der Waals surface area contributed by atoms with Gasteiger partial charge in [0.1, 0.15) is 15.0 Å². The molecular weight excluding hydrogens is 329 g/mol. The van der Waals surface area contributed by atoms with Crippen LogP contribution in [0.4, 0.5) is 5.69 Å². The van der Waals surface area contributed by atoms with Crippen molar-refractivity contribution in [2.75, 3.05) is 4.72 Å². The zero-order valence-corrected chi connectivity index (χ0v) is 12.8. The Bertz CT molecular complexity index is 726. The molecule has 0 aliphatic heterocycles. The molecule has 102 valence electrons. The fourth-order valence-corrected chi connectivity index (χ4v) is 4.59. The summed E-state index contributed by atoms with van der Waals surface area (Å²) >= 11 is 12.5. The average molecular weight is 338 g/mol. The molecule has 0 amide bonds. The van der Waals surface area contributed by atoms with Crippen LogP contribution in [0.5, 0.6) is 5.75 Å². The van der Waals surface area contributed by atoms with E-state index in [2.05, 4.69) is 4.72 Å². The van der Waals surface area contributed by atoms with Gasteiger partial charge in [-0.15, -0.1) is 11.3 Å². The first kappa shape index (κ1) is 14.5. The normalized spacial score (nSPS) is 11.5. The molecular formula is C11H9Cl2NO3S2. The number of nitrogens with one attached hydrogen (secondary N) is 1. The van der Waals surface area contributed by atoms with Crippen molar-refractivity contribution in [1.82, 2.24) is 0 Å². The zero-order chi connectivity index (χ0) is 14.2. The Morgan fingerprint density at radius 2 is 1.95 bits per heavy atom. The first-order valence-electron chi connectivity index (χ1n) is 5.07. The number of rotatable bonds is 3. The quantitative estimate of drug-likeness (QED) is 0.893. The molecule has 0 bridgehead atoms. The fraction of sp³-hybridized carbons (Fsp3) is 0.0909. The van der Waals surface area contributed by atoms with Crippen LogP contribution >= 0.6 is 34.5 Å². The molecule has 19 heavy (non-hydrogen) atoms. The summed E-state index contributed by atoms with van der Waals surface area (Å²) in [5, 5.41) is 9.55. The number of halogens is 2. The SMILES string of the molecule is Cc1ccc(NS(=O)(=O)c2cc(Cl)sc2Cl)cc1O. The number of thiophene rings is 1. The van der Waals surface area contributed by atoms with Crippen molar-refractivity contribution in [1.29, 1.82) is 0 Å². The van der Waals surface area contributed by atoms with Crippen LogP contribution in [-0.4, -0.2) is 13.5 Å². The maximum absolute atomic E-state index is 12.1. The summed E-state index contributed by atoms with van der Waals surface area (Å²) < 4.78 is 26.9. The molecule has 1 aromatic carbocycles. The highest BCUT2D eigenvalue weighted by molar-refractivity contribution is 7.93. The Kier molecular flexibility index (Phi) is 3.96. The maximum atomic E-state index is 12.1. The van der Waals surface area contributed by atoms with Gasteiger partial charge in [0.25, 0.3) is 10.0 Å². The molecule has 0 spiro atoms. The second kappa shape index (κ2) is 5.20. The molecule has 0 fully saturated rings. The molecule has 0 atom stereocenters. The number of aryl methyl sites for hydroxylation is 1. The lowest BCUT2D eigenvalue weighted by Crippen LogP contribution is -2.12. The molecule has 0 radical (unpaired) electrons. The second-order valence-electron chi connectivity index (χ2n) is 3.80. The van der Waals surface area contributed by atoms with Crippen LogP contribution in [0.15, 0.2) is 29.2 Å². The maximum Gasteiger partial charge on any atom is 0.264 e. The Hall–Kier alpha value is -0.950. The molecule has 0 unspecified atom stereocenters. The van der Waals surface area contributed by atoms with Crippen molar-refractivity contribution < 1.29 is 13.5 Å². The van der Waals surface area contributed by atoms with Crippen molar-refractivity contribution in [3.63, 3.8) is 0 Å². The van der Waals surface area contributed by atoms with Gasteiger partial charge in [0.15, 0.2) is 0 Å². The van der Waals surface area contributed by atoms with Crippen molar-refractivity contribution >= 4 is 50.2 Å². The standard InChI is InChI=1S/C11H9Cl2NO3S2/c1-6-2-3-7(4-8(6)15)14-19(16,17)9-5-10(12)18-11(9)13/h2-5,14-15H,1H3. The average Bonchev–Trinajstić information content (AvgIpc) is 2.63. The van der Waals surface area contributed by atoms with E-state index in [1.165, 1.54) is 12.1 Å². The van der Waals surface area contributed by atoms with E-state index >= 15 is 0 Å². The topological polar surface area (TPSA) is 66.4 Å². The van der Waals surface area contributed by atoms with Crippen LogP contribution in [0.3, 0.4) is 0 Å². The summed E-state index contributed by atoms with van der Waals surface area (Å²) in [5.41, 5.74) is 0.904. The highest BCUT2D eigenvalue weighted by Crippen LogP contribution is 2.35. The monoisotopic (exact) mass is 337 g/mol. The van der Waals surface area contributed by atoms with Crippen molar-refractivity contribution in [2.45, 2.75) is 11.8 Å². The van der Waals surface area contributed by atoms with Gasteiger partial charge in [-0.25, -0.2) is 8.42 Å². The Balaban J connectivity index is 2.36. The van der Waals surface area contributed by atoms with Gasteiger partial charge in [0.2, 0.25) is 0 Å². The molecule has 4 nitrogen and oxygen atoms in total. The molecule has 2 aromatic rings. The van der Waals surface area contributed by atoms with Crippen molar-refractivity contribution in [2.24, 2.45) is 0 Å². The number of hydrogen-bond acceptors (Lipinski definition) is 4. The summed E-state index contributed by atoms with van der Waals surface area (Å²) in [4.78, 5) is -0.0794. The summed E-state index contributed by atoms with van der Waals surface area (Å²) in [6.07, 6.45) is 0. The summed E-state index contributed by atoms with van der Waals surface area (Å²) in [6.45, 7) is 1.71. The molecule has 1 heterocycles. The molecule has 0 saturated heterocycles. The van der Waals surface area contributed by atoms with Crippen LogP contribution in [0.2, 0.25) is 8.67 Å². The van der Waals surface area contributed by atoms with E-state index in [1.54, 1.807) is 19.1 Å². The van der Waals surface area contributed by atoms with Gasteiger partial charge >= 0.3 is 0 Å². The van der Waals surface area contributed by atoms with Crippen molar-refractivity contribution in [3.05, 3.63) is 38.5 Å².